The molecule has 1 N–H and O–H groups in total. The average Bonchev–Trinajstić information content (AvgIpc) is 2.69. The topological polar surface area (TPSA) is 58.6 Å². The third-order valence-electron chi connectivity index (χ3n) is 4.99. The number of piperidine rings is 1. The molecule has 1 fully saturated rings. The minimum atomic E-state index is -0.470. The summed E-state index contributed by atoms with van der Waals surface area (Å²) < 4.78 is 4.96. The summed E-state index contributed by atoms with van der Waals surface area (Å²) in [5.74, 6) is -0.538. The van der Waals surface area contributed by atoms with Crippen molar-refractivity contribution in [2.24, 2.45) is 5.92 Å². The van der Waals surface area contributed by atoms with E-state index in [1.54, 1.807) is 25.1 Å². The van der Waals surface area contributed by atoms with Crippen LogP contribution in [0.1, 0.15) is 35.7 Å². The van der Waals surface area contributed by atoms with Crippen LogP contribution in [0.5, 0.6) is 0 Å². The summed E-state index contributed by atoms with van der Waals surface area (Å²) in [6.07, 6.45) is 1.59. The number of halogens is 2. The largest absolute Gasteiger partial charge is 0.462 e. The second-order valence-electron chi connectivity index (χ2n) is 7.08. The number of benzene rings is 2. The van der Waals surface area contributed by atoms with E-state index in [1.165, 1.54) is 5.56 Å². The fraction of sp³-hybridized carbons (Fsp3) is 0.364. The van der Waals surface area contributed by atoms with Crippen LogP contribution in [0.25, 0.3) is 0 Å². The number of rotatable bonds is 6. The summed E-state index contributed by atoms with van der Waals surface area (Å²) in [6, 6.07) is 12.7. The molecule has 3 rings (SSSR count). The quantitative estimate of drug-likeness (QED) is 0.648. The van der Waals surface area contributed by atoms with Gasteiger partial charge in [-0.25, -0.2) is 4.79 Å². The summed E-state index contributed by atoms with van der Waals surface area (Å²) in [7, 11) is 0. The molecule has 1 saturated heterocycles. The molecule has 0 spiro atoms. The van der Waals surface area contributed by atoms with Gasteiger partial charge in [-0.2, -0.15) is 0 Å². The number of likely N-dealkylation sites (tertiary alicyclic amines) is 1. The lowest BCUT2D eigenvalue weighted by Gasteiger charge is -2.31. The van der Waals surface area contributed by atoms with Crippen LogP contribution in [0.4, 0.5) is 5.69 Å². The molecule has 1 heterocycles. The zero-order valence-electron chi connectivity index (χ0n) is 16.3. The molecule has 0 atom stereocenters. The van der Waals surface area contributed by atoms with Gasteiger partial charge in [0, 0.05) is 23.2 Å². The highest BCUT2D eigenvalue weighted by molar-refractivity contribution is 6.34. The Kier molecular flexibility index (Phi) is 7.53. The monoisotopic (exact) mass is 434 g/mol. The molecule has 0 saturated carbocycles. The smallest absolute Gasteiger partial charge is 0.339 e. The maximum absolute atomic E-state index is 12.6. The Morgan fingerprint density at radius 1 is 1.14 bits per heavy atom. The molecule has 1 amide bonds. The standard InChI is InChI=1S/C22H24Cl2N2O3/c1-2-29-22(28)19-7-6-18(13-20(19)24)25-21(27)16-8-10-26(11-9-16)14-15-4-3-5-17(23)12-15/h3-7,12-13,16H,2,8-11,14H2,1H3,(H,25,27). The van der Waals surface area contributed by atoms with Gasteiger partial charge in [0.15, 0.2) is 0 Å². The lowest BCUT2D eigenvalue weighted by molar-refractivity contribution is -0.121. The van der Waals surface area contributed by atoms with Crippen LogP contribution in [0.2, 0.25) is 10.0 Å². The second kappa shape index (κ2) is 10.1. The maximum Gasteiger partial charge on any atom is 0.339 e. The van der Waals surface area contributed by atoms with Gasteiger partial charge in [0.05, 0.1) is 17.2 Å². The van der Waals surface area contributed by atoms with Crippen LogP contribution in [-0.2, 0) is 16.1 Å². The van der Waals surface area contributed by atoms with Crippen LogP contribution in [0.3, 0.4) is 0 Å². The fourth-order valence-corrected chi connectivity index (χ4v) is 3.93. The van der Waals surface area contributed by atoms with Gasteiger partial charge in [-0.3, -0.25) is 9.69 Å². The third kappa shape index (κ3) is 5.95. The van der Waals surface area contributed by atoms with Crippen LogP contribution in [0.15, 0.2) is 42.5 Å². The van der Waals surface area contributed by atoms with Crippen molar-refractivity contribution in [2.45, 2.75) is 26.3 Å². The van der Waals surface area contributed by atoms with Crippen molar-refractivity contribution >= 4 is 40.8 Å². The summed E-state index contributed by atoms with van der Waals surface area (Å²) in [5.41, 5.74) is 2.05. The van der Waals surface area contributed by atoms with E-state index in [9.17, 15) is 9.59 Å². The van der Waals surface area contributed by atoms with E-state index in [2.05, 4.69) is 16.3 Å². The minimum Gasteiger partial charge on any atom is -0.462 e. The Labute approximate surface area is 180 Å². The highest BCUT2D eigenvalue weighted by Crippen LogP contribution is 2.25. The first-order valence-corrected chi connectivity index (χ1v) is 10.5. The van der Waals surface area contributed by atoms with Crippen LogP contribution < -0.4 is 5.32 Å². The lowest BCUT2D eigenvalue weighted by atomic mass is 9.95. The van der Waals surface area contributed by atoms with E-state index in [-0.39, 0.29) is 23.5 Å². The molecular formula is C22H24Cl2N2O3. The number of carbonyl (C=O) groups is 2. The Morgan fingerprint density at radius 3 is 2.55 bits per heavy atom. The van der Waals surface area contributed by atoms with Crippen molar-refractivity contribution < 1.29 is 14.3 Å². The number of nitrogens with zero attached hydrogens (tertiary/aromatic N) is 1. The van der Waals surface area contributed by atoms with E-state index in [4.69, 9.17) is 27.9 Å². The molecule has 0 bridgehead atoms. The molecule has 2 aromatic carbocycles. The number of hydrogen-bond acceptors (Lipinski definition) is 4. The molecule has 7 heteroatoms. The van der Waals surface area contributed by atoms with Gasteiger partial charge in [-0.1, -0.05) is 35.3 Å². The molecule has 29 heavy (non-hydrogen) atoms. The molecule has 1 aliphatic rings. The van der Waals surface area contributed by atoms with Crippen LogP contribution >= 0.6 is 23.2 Å². The number of esters is 1. The zero-order chi connectivity index (χ0) is 20.8. The molecule has 5 nitrogen and oxygen atoms in total. The first-order valence-electron chi connectivity index (χ1n) is 9.70. The summed E-state index contributed by atoms with van der Waals surface area (Å²) >= 11 is 12.2. The number of hydrogen-bond donors (Lipinski definition) is 1. The van der Waals surface area contributed by atoms with Crippen molar-refractivity contribution in [3.05, 3.63) is 63.6 Å². The first-order chi connectivity index (χ1) is 14.0. The molecule has 2 aromatic rings. The first kappa shape index (κ1) is 21.6. The minimum absolute atomic E-state index is 0.0210. The number of ether oxygens (including phenoxy) is 1. The average molecular weight is 435 g/mol. The van der Waals surface area contributed by atoms with Crippen molar-refractivity contribution in [3.8, 4) is 0 Å². The third-order valence-corrected chi connectivity index (χ3v) is 5.53. The molecule has 1 aliphatic heterocycles. The maximum atomic E-state index is 12.6. The Bertz CT molecular complexity index is 880. The van der Waals surface area contributed by atoms with E-state index in [1.807, 2.05) is 18.2 Å². The van der Waals surface area contributed by atoms with E-state index in [0.717, 1.165) is 37.5 Å². The van der Waals surface area contributed by atoms with Gasteiger partial charge in [0.1, 0.15) is 0 Å². The molecule has 0 radical (unpaired) electrons. The van der Waals surface area contributed by atoms with Crippen molar-refractivity contribution in [1.82, 2.24) is 4.90 Å². The number of carbonyl (C=O) groups excluding carboxylic acids is 2. The van der Waals surface area contributed by atoms with Gasteiger partial charge in [0.2, 0.25) is 5.91 Å². The normalized spacial score (nSPS) is 15.1. The molecular weight excluding hydrogens is 411 g/mol. The van der Waals surface area contributed by atoms with Gasteiger partial charge >= 0.3 is 5.97 Å². The number of amides is 1. The van der Waals surface area contributed by atoms with E-state index in [0.29, 0.717) is 11.3 Å². The summed E-state index contributed by atoms with van der Waals surface area (Å²) in [6.45, 7) is 4.56. The van der Waals surface area contributed by atoms with Crippen molar-refractivity contribution in [1.29, 1.82) is 0 Å². The highest BCUT2D eigenvalue weighted by atomic mass is 35.5. The molecule has 0 aromatic heterocycles. The van der Waals surface area contributed by atoms with Gasteiger partial charge in [-0.15, -0.1) is 0 Å². The zero-order valence-corrected chi connectivity index (χ0v) is 17.8. The van der Waals surface area contributed by atoms with Crippen LogP contribution in [-0.4, -0.2) is 36.5 Å². The Balaban J connectivity index is 1.52. The predicted octanol–water partition coefficient (Wildman–Crippen LogP) is 5.02. The second-order valence-corrected chi connectivity index (χ2v) is 7.93. The SMILES string of the molecule is CCOC(=O)c1ccc(NC(=O)C2CCN(Cc3cccc(Cl)c3)CC2)cc1Cl. The van der Waals surface area contributed by atoms with Crippen LogP contribution in [0, 0.1) is 5.92 Å². The fourth-order valence-electron chi connectivity index (χ4n) is 3.46. The number of nitrogens with one attached hydrogen (secondary N) is 1. The Hall–Kier alpha value is -2.08. The van der Waals surface area contributed by atoms with Crippen molar-refractivity contribution in [3.63, 3.8) is 0 Å². The van der Waals surface area contributed by atoms with E-state index < -0.39 is 5.97 Å². The lowest BCUT2D eigenvalue weighted by Crippen LogP contribution is -2.37. The molecule has 154 valence electrons. The van der Waals surface area contributed by atoms with Gasteiger partial charge < -0.3 is 10.1 Å². The van der Waals surface area contributed by atoms with E-state index >= 15 is 0 Å². The summed E-state index contributed by atoms with van der Waals surface area (Å²) in [5, 5.41) is 3.91. The Morgan fingerprint density at radius 2 is 1.90 bits per heavy atom. The number of anilines is 1. The molecule has 0 aliphatic carbocycles. The van der Waals surface area contributed by atoms with Gasteiger partial charge in [-0.05, 0) is 68.8 Å². The predicted molar refractivity (Wildman–Crippen MR) is 115 cm³/mol. The van der Waals surface area contributed by atoms with Crippen molar-refractivity contribution in [2.75, 3.05) is 25.0 Å². The highest BCUT2D eigenvalue weighted by Gasteiger charge is 2.25. The van der Waals surface area contributed by atoms with Gasteiger partial charge in [0.25, 0.3) is 0 Å². The summed E-state index contributed by atoms with van der Waals surface area (Å²) in [4.78, 5) is 26.8. The molecule has 0 unspecified atom stereocenters.